The largest absolute Gasteiger partial charge is 0.504 e. The summed E-state index contributed by atoms with van der Waals surface area (Å²) in [6, 6.07) is 1.39. The molecule has 1 aromatic carbocycles. The molecule has 0 bridgehead atoms. The third-order valence-electron chi connectivity index (χ3n) is 9.20. The fourth-order valence-corrected chi connectivity index (χ4v) is 9.39. The van der Waals surface area contributed by atoms with Crippen LogP contribution in [0.25, 0.3) is 0 Å². The number of anilines is 1. The lowest BCUT2D eigenvalue weighted by Crippen LogP contribution is -2.71. The van der Waals surface area contributed by atoms with Gasteiger partial charge in [-0.05, 0) is 12.1 Å². The van der Waals surface area contributed by atoms with E-state index in [1.165, 1.54) is 23.9 Å². The van der Waals surface area contributed by atoms with E-state index in [-0.39, 0.29) is 43.2 Å². The predicted octanol–water partition coefficient (Wildman–Crippen LogP) is 1.12. The minimum Gasteiger partial charge on any atom is -0.504 e. The van der Waals surface area contributed by atoms with Crippen LogP contribution in [0.1, 0.15) is 28.9 Å². The number of quaternary nitrogens is 1. The van der Waals surface area contributed by atoms with Crippen molar-refractivity contribution in [1.29, 1.82) is 0 Å². The number of phenols is 2. The van der Waals surface area contributed by atoms with Crippen molar-refractivity contribution in [1.82, 2.24) is 20.1 Å². The summed E-state index contributed by atoms with van der Waals surface area (Å²) in [6.07, 6.45) is 1.64. The Morgan fingerprint density at radius 3 is 2.62 bits per heavy atom. The van der Waals surface area contributed by atoms with Crippen LogP contribution in [0, 0.1) is 0 Å². The lowest BCUT2D eigenvalue weighted by molar-refractivity contribution is -0.938. The summed E-state index contributed by atoms with van der Waals surface area (Å²) < 4.78 is 0.511. The molecule has 21 heteroatoms. The monoisotopic (exact) mass is 770 g/mol. The van der Waals surface area contributed by atoms with E-state index in [9.17, 15) is 39.3 Å². The van der Waals surface area contributed by atoms with E-state index < -0.39 is 64.9 Å². The SMILES string of the molecule is Nc1nc(/C(=N/OCC(=O)O)C(=O)N[C@@H]2C(=O)N3C(C(=O)O)=C(C[N+]45CCCC4CN(C(=O)c4ccc(O)c(O)c4Cl)CC5)CS[C@H]23)c(Cl)s1. The predicted molar refractivity (Wildman–Crippen MR) is 180 cm³/mol. The van der Waals surface area contributed by atoms with Crippen molar-refractivity contribution >= 4 is 86.8 Å². The molecule has 6 rings (SSSR count). The highest BCUT2D eigenvalue weighted by atomic mass is 35.5. The molecule has 5 heterocycles. The Kier molecular flexibility index (Phi) is 9.79. The van der Waals surface area contributed by atoms with Crippen molar-refractivity contribution in [3.05, 3.63) is 44.0 Å². The number of phenolic OH excluding ortho intramolecular Hbond substituents is 2. The molecule has 50 heavy (non-hydrogen) atoms. The number of carbonyl (C=O) groups is 5. The number of aromatic nitrogens is 1. The van der Waals surface area contributed by atoms with Gasteiger partial charge >= 0.3 is 11.9 Å². The molecule has 0 spiro atoms. The van der Waals surface area contributed by atoms with Crippen molar-refractivity contribution in [2.75, 3.05) is 50.8 Å². The van der Waals surface area contributed by atoms with Gasteiger partial charge in [0, 0.05) is 24.2 Å². The van der Waals surface area contributed by atoms with Crippen molar-refractivity contribution in [2.45, 2.75) is 30.3 Å². The van der Waals surface area contributed by atoms with Gasteiger partial charge in [0.05, 0.1) is 36.8 Å². The maximum Gasteiger partial charge on any atom is 0.352 e. The van der Waals surface area contributed by atoms with Crippen LogP contribution in [-0.2, 0) is 24.0 Å². The van der Waals surface area contributed by atoms with Gasteiger partial charge in [-0.25, -0.2) is 14.6 Å². The fraction of sp³-hybridized carbons (Fsp3) is 0.414. The maximum atomic E-state index is 13.5. The summed E-state index contributed by atoms with van der Waals surface area (Å²) in [6.45, 7) is 1.45. The second-order valence-corrected chi connectivity index (χ2v) is 15.2. The molecule has 4 aliphatic heterocycles. The van der Waals surface area contributed by atoms with E-state index in [4.69, 9.17) is 38.9 Å². The van der Waals surface area contributed by atoms with E-state index in [1.54, 1.807) is 4.90 Å². The molecule has 7 N–H and O–H groups in total. The molecular formula is C29H30Cl2N7O10S2+. The number of carboxylic acids is 2. The highest BCUT2D eigenvalue weighted by Crippen LogP contribution is 2.43. The lowest BCUT2D eigenvalue weighted by Gasteiger charge is -2.51. The second kappa shape index (κ2) is 13.8. The summed E-state index contributed by atoms with van der Waals surface area (Å²) in [5.74, 6) is -5.40. The standard InChI is InChI=1S/C29H29Cl2N7O10S2/c30-17-14(3-4-15(39)22(17)42)25(44)36-5-7-38(6-1-2-13(38)8-36)9-12-11-49-27-20(26(45)37(27)21(12)28(46)47)33-24(43)19(35-48-10-16(40)41)18-23(31)50-29(32)34-18/h3-4,13,20,27H,1-2,5-11H2,(H6-,32,33,34,35,39,40,41,42,43,44,46,47)/p+1/t13?,20-,27-,38?/m1/s1. The molecule has 17 nitrogen and oxygen atoms in total. The molecule has 0 radical (unpaired) electrons. The van der Waals surface area contributed by atoms with Crippen LogP contribution in [0.5, 0.6) is 11.5 Å². The molecule has 0 aliphatic carbocycles. The number of carboxylic acid groups (broad SMARTS) is 2. The summed E-state index contributed by atoms with van der Waals surface area (Å²) in [4.78, 5) is 75.3. The van der Waals surface area contributed by atoms with Gasteiger partial charge < -0.3 is 45.7 Å². The van der Waals surface area contributed by atoms with Crippen molar-refractivity contribution < 1.29 is 53.7 Å². The average Bonchev–Trinajstić information content (AvgIpc) is 3.64. The minimum atomic E-state index is -1.36. The number of piperazine rings is 1. The van der Waals surface area contributed by atoms with Crippen LogP contribution in [0.15, 0.2) is 28.6 Å². The van der Waals surface area contributed by atoms with Crippen LogP contribution in [0.2, 0.25) is 9.36 Å². The normalized spacial score (nSPS) is 24.7. The zero-order chi connectivity index (χ0) is 36.1. The summed E-state index contributed by atoms with van der Waals surface area (Å²) in [7, 11) is 0. The number of aliphatic carboxylic acids is 2. The van der Waals surface area contributed by atoms with Crippen LogP contribution in [0.4, 0.5) is 5.13 Å². The zero-order valence-corrected chi connectivity index (χ0v) is 29.0. The fourth-order valence-electron chi connectivity index (χ4n) is 6.89. The molecule has 2 aromatic rings. The molecule has 266 valence electrons. The van der Waals surface area contributed by atoms with Gasteiger partial charge in [-0.1, -0.05) is 39.7 Å². The Morgan fingerprint density at radius 1 is 1.18 bits per heavy atom. The van der Waals surface area contributed by atoms with E-state index in [1.807, 2.05) is 0 Å². The number of nitrogen functional groups attached to an aromatic ring is 1. The van der Waals surface area contributed by atoms with Crippen molar-refractivity contribution in [3.63, 3.8) is 0 Å². The number of benzene rings is 1. The lowest BCUT2D eigenvalue weighted by atomic mass is 10.0. The van der Waals surface area contributed by atoms with Gasteiger partial charge in [0.2, 0.25) is 6.61 Å². The molecule has 3 fully saturated rings. The van der Waals surface area contributed by atoms with Crippen LogP contribution in [-0.4, -0.2) is 138 Å². The number of oxime groups is 1. The number of hydrogen-bond donors (Lipinski definition) is 6. The van der Waals surface area contributed by atoms with Gasteiger partial charge in [-0.3, -0.25) is 19.3 Å². The average molecular weight is 772 g/mol. The maximum absolute atomic E-state index is 13.5. The van der Waals surface area contributed by atoms with Crippen LogP contribution < -0.4 is 11.1 Å². The smallest absolute Gasteiger partial charge is 0.352 e. The Labute approximate surface area is 301 Å². The highest BCUT2D eigenvalue weighted by Gasteiger charge is 2.56. The van der Waals surface area contributed by atoms with Crippen molar-refractivity contribution in [3.8, 4) is 11.5 Å². The number of nitrogens with two attached hydrogens (primary N) is 1. The van der Waals surface area contributed by atoms with E-state index in [0.717, 1.165) is 35.6 Å². The third-order valence-corrected chi connectivity index (χ3v) is 12.0. The Morgan fingerprint density at radius 2 is 1.94 bits per heavy atom. The topological polar surface area (TPSA) is 245 Å². The number of halogens is 2. The number of amides is 3. The molecular weight excluding hydrogens is 741 g/mol. The Balaban J connectivity index is 1.18. The number of thioether (sulfide) groups is 1. The summed E-state index contributed by atoms with van der Waals surface area (Å²) in [5.41, 5.74) is 5.48. The Bertz CT molecular complexity index is 1870. The number of hydrogen-bond acceptors (Lipinski definition) is 13. The first-order valence-corrected chi connectivity index (χ1v) is 17.7. The van der Waals surface area contributed by atoms with Crippen LogP contribution in [0.3, 0.4) is 0 Å². The first-order chi connectivity index (χ1) is 23.7. The number of aromatic hydroxyl groups is 2. The molecule has 3 amide bonds. The molecule has 0 saturated carbocycles. The van der Waals surface area contributed by atoms with Crippen LogP contribution >= 0.6 is 46.3 Å². The molecule has 4 aliphatic rings. The van der Waals surface area contributed by atoms with E-state index in [2.05, 4.69) is 15.5 Å². The first-order valence-electron chi connectivity index (χ1n) is 15.1. The minimum absolute atomic E-state index is 0.00269. The molecule has 3 saturated heterocycles. The van der Waals surface area contributed by atoms with Gasteiger partial charge in [-0.2, -0.15) is 0 Å². The van der Waals surface area contributed by atoms with E-state index >= 15 is 0 Å². The quantitative estimate of drug-likeness (QED) is 0.0653. The van der Waals surface area contributed by atoms with Gasteiger partial charge in [0.1, 0.15) is 39.7 Å². The number of rotatable bonds is 10. The third kappa shape index (κ3) is 6.39. The number of β-lactam (4-membered cyclic amide) rings is 1. The first kappa shape index (κ1) is 35.5. The summed E-state index contributed by atoms with van der Waals surface area (Å²) >= 11 is 14.4. The number of carbonyl (C=O) groups excluding carboxylic acids is 3. The molecule has 2 unspecified atom stereocenters. The number of nitrogens with zero attached hydrogens (tertiary/aromatic N) is 5. The number of thiazole rings is 1. The van der Waals surface area contributed by atoms with Gasteiger partial charge in [0.15, 0.2) is 22.3 Å². The van der Waals surface area contributed by atoms with Gasteiger partial charge in [-0.15, -0.1) is 11.8 Å². The van der Waals surface area contributed by atoms with E-state index in [0.29, 0.717) is 36.2 Å². The van der Waals surface area contributed by atoms with Crippen molar-refractivity contribution in [2.24, 2.45) is 5.16 Å². The number of fused-ring (bicyclic) bond motifs is 2. The zero-order valence-electron chi connectivity index (χ0n) is 25.9. The Hall–Kier alpha value is -4.30. The highest BCUT2D eigenvalue weighted by molar-refractivity contribution is 8.00. The number of nitrogens with one attached hydrogen (secondary N) is 1. The summed E-state index contributed by atoms with van der Waals surface area (Å²) in [5, 5.41) is 44.1. The van der Waals surface area contributed by atoms with Gasteiger partial charge in [0.25, 0.3) is 17.7 Å². The molecule has 1 aromatic heterocycles. The molecule has 4 atom stereocenters. The second-order valence-electron chi connectivity index (χ2n) is 12.1.